The molecule has 1 amide bonds. The van der Waals surface area contributed by atoms with Crippen LogP contribution in [0, 0.1) is 0 Å². The van der Waals surface area contributed by atoms with Crippen molar-refractivity contribution >= 4 is 14.2 Å². The molecule has 0 fully saturated rings. The molecule has 0 spiro atoms. The van der Waals surface area contributed by atoms with Crippen molar-refractivity contribution in [1.29, 1.82) is 0 Å². The molecule has 124 valence electrons. The van der Waals surface area contributed by atoms with Crippen molar-refractivity contribution in [2.45, 2.75) is 71.3 Å². The van der Waals surface area contributed by atoms with Gasteiger partial charge in [0.25, 0.3) is 5.91 Å². The lowest BCUT2D eigenvalue weighted by Crippen LogP contribution is -2.50. The number of amides is 1. The molecule has 1 unspecified atom stereocenters. The number of hydrogen-bond acceptors (Lipinski definition) is 2. The summed E-state index contributed by atoms with van der Waals surface area (Å²) in [6.07, 6.45) is 0.868. The van der Waals surface area contributed by atoms with E-state index in [0.29, 0.717) is 5.56 Å². The van der Waals surface area contributed by atoms with Gasteiger partial charge >= 0.3 is 0 Å². The van der Waals surface area contributed by atoms with Crippen LogP contribution in [0.25, 0.3) is 0 Å². The molecule has 1 rings (SSSR count). The minimum Gasteiger partial charge on any atom is -0.412 e. The fraction of sp³-hybridized carbons (Fsp3) is 0.611. The lowest BCUT2D eigenvalue weighted by Gasteiger charge is -2.40. The van der Waals surface area contributed by atoms with E-state index in [-0.39, 0.29) is 23.1 Å². The minimum absolute atomic E-state index is 0.0125. The van der Waals surface area contributed by atoms with Gasteiger partial charge in [-0.25, -0.2) is 0 Å². The first kappa shape index (κ1) is 18.9. The first-order valence-electron chi connectivity index (χ1n) is 8.12. The highest BCUT2D eigenvalue weighted by molar-refractivity contribution is 6.74. The smallest absolute Gasteiger partial charge is 0.251 e. The van der Waals surface area contributed by atoms with E-state index in [0.717, 1.165) is 6.42 Å². The first-order chi connectivity index (χ1) is 10.1. The van der Waals surface area contributed by atoms with E-state index in [9.17, 15) is 4.79 Å². The van der Waals surface area contributed by atoms with E-state index in [1.807, 2.05) is 30.3 Å². The molecule has 2 atom stereocenters. The number of carbonyl (C=O) groups excluding carboxylic acids is 1. The van der Waals surface area contributed by atoms with Gasteiger partial charge in [-0.3, -0.25) is 4.79 Å². The van der Waals surface area contributed by atoms with Gasteiger partial charge in [0.15, 0.2) is 8.32 Å². The van der Waals surface area contributed by atoms with Gasteiger partial charge < -0.3 is 9.74 Å². The molecule has 0 aliphatic rings. The summed E-state index contributed by atoms with van der Waals surface area (Å²) in [6.45, 7) is 15.3. The molecule has 0 aliphatic heterocycles. The Morgan fingerprint density at radius 1 is 1.23 bits per heavy atom. The Labute approximate surface area is 136 Å². The maximum atomic E-state index is 12.3. The molecule has 0 saturated heterocycles. The van der Waals surface area contributed by atoms with Crippen LogP contribution in [0.5, 0.6) is 0 Å². The van der Waals surface area contributed by atoms with Gasteiger partial charge in [-0.2, -0.15) is 0 Å². The number of carbonyl (C=O) groups is 1. The monoisotopic (exact) mass is 321 g/mol. The van der Waals surface area contributed by atoms with E-state index in [4.69, 9.17) is 4.43 Å². The molecular formula is C18H31NO2Si. The van der Waals surface area contributed by atoms with E-state index >= 15 is 0 Å². The van der Waals surface area contributed by atoms with Crippen LogP contribution in [0.3, 0.4) is 0 Å². The highest BCUT2D eigenvalue weighted by Gasteiger charge is 2.39. The van der Waals surface area contributed by atoms with Gasteiger partial charge in [-0.1, -0.05) is 45.9 Å². The third-order valence-electron chi connectivity index (χ3n) is 4.65. The zero-order valence-corrected chi connectivity index (χ0v) is 16.1. The number of rotatable bonds is 6. The summed E-state index contributed by atoms with van der Waals surface area (Å²) in [5, 5.41) is 3.28. The molecular weight excluding hydrogens is 290 g/mol. The zero-order chi connectivity index (χ0) is 17.0. The van der Waals surface area contributed by atoms with Crippen LogP contribution in [0.2, 0.25) is 18.1 Å². The van der Waals surface area contributed by atoms with E-state index < -0.39 is 8.32 Å². The normalized spacial score (nSPS) is 15.2. The van der Waals surface area contributed by atoms with Gasteiger partial charge in [-0.15, -0.1) is 0 Å². The standard InChI is InChI=1S/C18H31NO2Si/c1-8-16(14(2)21-22(6,7)18(3,4)5)19-17(20)15-12-10-9-11-13-15/h9-14,16H,8H2,1-7H3,(H,19,20)/t14?,16-/m0/s1. The highest BCUT2D eigenvalue weighted by atomic mass is 28.4. The average molecular weight is 322 g/mol. The van der Waals surface area contributed by atoms with Crippen molar-refractivity contribution in [3.8, 4) is 0 Å². The van der Waals surface area contributed by atoms with Gasteiger partial charge in [0, 0.05) is 5.56 Å². The minimum atomic E-state index is -1.83. The molecule has 22 heavy (non-hydrogen) atoms. The predicted molar refractivity (Wildman–Crippen MR) is 95.7 cm³/mol. The molecule has 4 heteroatoms. The molecule has 0 bridgehead atoms. The fourth-order valence-electron chi connectivity index (χ4n) is 2.12. The maximum Gasteiger partial charge on any atom is 0.251 e. The summed E-state index contributed by atoms with van der Waals surface area (Å²) < 4.78 is 6.42. The summed E-state index contributed by atoms with van der Waals surface area (Å²) in [7, 11) is -1.83. The summed E-state index contributed by atoms with van der Waals surface area (Å²) >= 11 is 0. The van der Waals surface area contributed by atoms with Crippen LogP contribution in [-0.2, 0) is 4.43 Å². The molecule has 1 N–H and O–H groups in total. The van der Waals surface area contributed by atoms with Crippen molar-refractivity contribution in [3.63, 3.8) is 0 Å². The molecule has 0 radical (unpaired) electrons. The van der Waals surface area contributed by atoms with E-state index in [1.54, 1.807) is 0 Å². The van der Waals surface area contributed by atoms with Crippen molar-refractivity contribution < 1.29 is 9.22 Å². The second kappa shape index (κ2) is 7.42. The average Bonchev–Trinajstić information content (AvgIpc) is 2.43. The second-order valence-electron chi connectivity index (χ2n) is 7.44. The first-order valence-corrected chi connectivity index (χ1v) is 11.0. The van der Waals surface area contributed by atoms with E-state index in [2.05, 4.69) is 53.0 Å². The summed E-state index contributed by atoms with van der Waals surface area (Å²) in [5.74, 6) is -0.0295. The van der Waals surface area contributed by atoms with Crippen molar-refractivity contribution in [2.75, 3.05) is 0 Å². The largest absolute Gasteiger partial charge is 0.412 e. The van der Waals surface area contributed by atoms with Crippen LogP contribution in [0.1, 0.15) is 51.4 Å². The number of hydrogen-bond donors (Lipinski definition) is 1. The van der Waals surface area contributed by atoms with Crippen molar-refractivity contribution in [3.05, 3.63) is 35.9 Å². The summed E-state index contributed by atoms with van der Waals surface area (Å²) in [5.41, 5.74) is 0.695. The topological polar surface area (TPSA) is 38.3 Å². The number of benzene rings is 1. The van der Waals surface area contributed by atoms with Crippen LogP contribution in [0.15, 0.2) is 30.3 Å². The fourth-order valence-corrected chi connectivity index (χ4v) is 3.56. The van der Waals surface area contributed by atoms with Crippen molar-refractivity contribution in [2.24, 2.45) is 0 Å². The third kappa shape index (κ3) is 4.95. The lowest BCUT2D eigenvalue weighted by atomic mass is 10.1. The van der Waals surface area contributed by atoms with Crippen LogP contribution >= 0.6 is 0 Å². The molecule has 0 aromatic heterocycles. The Balaban J connectivity index is 2.73. The van der Waals surface area contributed by atoms with Crippen molar-refractivity contribution in [1.82, 2.24) is 5.32 Å². The number of nitrogens with one attached hydrogen (secondary N) is 1. The third-order valence-corrected chi connectivity index (χ3v) is 9.22. The van der Waals surface area contributed by atoms with Gasteiger partial charge in [0.1, 0.15) is 0 Å². The van der Waals surface area contributed by atoms with Crippen LogP contribution in [-0.4, -0.2) is 26.4 Å². The van der Waals surface area contributed by atoms with Gasteiger partial charge in [0.2, 0.25) is 0 Å². The predicted octanol–water partition coefficient (Wildman–Crippen LogP) is 4.61. The van der Waals surface area contributed by atoms with Gasteiger partial charge in [0.05, 0.1) is 12.1 Å². The quantitative estimate of drug-likeness (QED) is 0.777. The highest BCUT2D eigenvalue weighted by Crippen LogP contribution is 2.37. The SMILES string of the molecule is CC[C@H](NC(=O)c1ccccc1)C(C)O[Si](C)(C)C(C)(C)C. The van der Waals surface area contributed by atoms with Gasteiger partial charge in [-0.05, 0) is 43.6 Å². The van der Waals surface area contributed by atoms with Crippen LogP contribution in [0.4, 0.5) is 0 Å². The second-order valence-corrected chi connectivity index (χ2v) is 12.2. The molecule has 3 nitrogen and oxygen atoms in total. The van der Waals surface area contributed by atoms with Crippen LogP contribution < -0.4 is 5.32 Å². The zero-order valence-electron chi connectivity index (χ0n) is 15.1. The Morgan fingerprint density at radius 3 is 2.23 bits per heavy atom. The molecule has 1 aromatic rings. The molecule has 0 aliphatic carbocycles. The lowest BCUT2D eigenvalue weighted by molar-refractivity contribution is 0.0866. The Hall–Kier alpha value is -1.13. The summed E-state index contributed by atoms with van der Waals surface area (Å²) in [6, 6.07) is 9.37. The summed E-state index contributed by atoms with van der Waals surface area (Å²) in [4.78, 5) is 12.3. The molecule has 0 heterocycles. The molecule has 1 aromatic carbocycles. The maximum absolute atomic E-state index is 12.3. The Bertz CT molecular complexity index is 480. The Morgan fingerprint density at radius 2 is 1.77 bits per heavy atom. The Kier molecular flexibility index (Phi) is 6.38. The van der Waals surface area contributed by atoms with E-state index in [1.165, 1.54) is 0 Å². The molecule has 0 saturated carbocycles.